The number of aromatic nitrogens is 2. The fraction of sp³-hybridized carbons (Fsp3) is 0.222. The molecule has 0 unspecified atom stereocenters. The first-order chi connectivity index (χ1) is 11.1. The Kier molecular flexibility index (Phi) is 4.28. The van der Waals surface area contributed by atoms with E-state index < -0.39 is 0 Å². The molecule has 0 fully saturated rings. The van der Waals surface area contributed by atoms with Crippen molar-refractivity contribution in [2.45, 2.75) is 27.3 Å². The van der Waals surface area contributed by atoms with Crippen LogP contribution in [0.3, 0.4) is 0 Å². The quantitative estimate of drug-likeness (QED) is 0.757. The monoisotopic (exact) mass is 309 g/mol. The summed E-state index contributed by atoms with van der Waals surface area (Å²) in [5, 5.41) is 7.07. The molecule has 3 rings (SSSR count). The van der Waals surface area contributed by atoms with Gasteiger partial charge in [0.1, 0.15) is 5.75 Å². The van der Waals surface area contributed by atoms with Crippen LogP contribution in [0.2, 0.25) is 0 Å². The van der Waals surface area contributed by atoms with Crippen LogP contribution in [0.5, 0.6) is 11.5 Å². The first-order valence-corrected chi connectivity index (χ1v) is 7.49. The van der Waals surface area contributed by atoms with Gasteiger partial charge in [0, 0.05) is 0 Å². The van der Waals surface area contributed by atoms with E-state index >= 15 is 0 Å². The summed E-state index contributed by atoms with van der Waals surface area (Å²) in [4.78, 5) is 4.19. The van der Waals surface area contributed by atoms with Gasteiger partial charge in [0.15, 0.2) is 11.6 Å². The van der Waals surface area contributed by atoms with Crippen LogP contribution in [-0.2, 0) is 6.54 Å². The minimum atomic E-state index is 0.452. The summed E-state index contributed by atoms with van der Waals surface area (Å²) < 4.78 is 11.3. The summed E-state index contributed by atoms with van der Waals surface area (Å²) in [6.45, 7) is 6.33. The largest absolute Gasteiger partial charge is 0.455 e. The number of benzene rings is 2. The molecule has 0 bridgehead atoms. The molecule has 1 aromatic heterocycles. The first kappa shape index (κ1) is 15.1. The zero-order valence-corrected chi connectivity index (χ0v) is 13.5. The van der Waals surface area contributed by atoms with E-state index in [1.807, 2.05) is 56.3 Å². The Labute approximate surface area is 135 Å². The molecular weight excluding hydrogens is 290 g/mol. The highest BCUT2D eigenvalue weighted by atomic mass is 16.5. The second kappa shape index (κ2) is 6.52. The fourth-order valence-corrected chi connectivity index (χ4v) is 2.35. The fourth-order valence-electron chi connectivity index (χ4n) is 2.35. The maximum Gasteiger partial charge on any atom is 0.245 e. The Morgan fingerprint density at radius 3 is 2.43 bits per heavy atom. The Morgan fingerprint density at radius 2 is 1.74 bits per heavy atom. The normalized spacial score (nSPS) is 10.6. The molecule has 5 heteroatoms. The van der Waals surface area contributed by atoms with E-state index in [4.69, 9.17) is 9.26 Å². The number of rotatable bonds is 5. The van der Waals surface area contributed by atoms with Gasteiger partial charge in [-0.05, 0) is 44.0 Å². The Bertz CT molecular complexity index is 791. The van der Waals surface area contributed by atoms with Crippen molar-refractivity contribution in [1.82, 2.24) is 10.1 Å². The smallest absolute Gasteiger partial charge is 0.245 e. The zero-order chi connectivity index (χ0) is 16.2. The number of anilines is 1. The molecule has 2 aromatic carbocycles. The van der Waals surface area contributed by atoms with Crippen molar-refractivity contribution in [3.05, 3.63) is 65.3 Å². The molecule has 0 aliphatic heterocycles. The summed E-state index contributed by atoms with van der Waals surface area (Å²) >= 11 is 0. The average molecular weight is 309 g/mol. The summed E-state index contributed by atoms with van der Waals surface area (Å²) in [6.07, 6.45) is 0. The molecule has 0 amide bonds. The molecular formula is C18H19N3O2. The molecule has 0 aliphatic rings. The van der Waals surface area contributed by atoms with E-state index in [0.717, 1.165) is 28.3 Å². The Morgan fingerprint density at radius 1 is 1.00 bits per heavy atom. The second-order valence-electron chi connectivity index (χ2n) is 5.41. The number of ether oxygens (including phenoxy) is 1. The Hall–Kier alpha value is -2.82. The standard InChI is InChI=1S/C18H19N3O2/c1-12-7-6-8-13(2)18(12)22-16-10-5-4-9-15(16)19-11-17-20-14(3)21-23-17/h4-10,19H,11H2,1-3H3. The van der Waals surface area contributed by atoms with E-state index in [1.165, 1.54) is 0 Å². The van der Waals surface area contributed by atoms with E-state index in [9.17, 15) is 0 Å². The van der Waals surface area contributed by atoms with Gasteiger partial charge in [-0.2, -0.15) is 4.98 Å². The highest BCUT2D eigenvalue weighted by Crippen LogP contribution is 2.33. The summed E-state index contributed by atoms with van der Waals surface area (Å²) in [6, 6.07) is 13.9. The minimum Gasteiger partial charge on any atom is -0.455 e. The number of para-hydroxylation sites is 3. The number of aryl methyl sites for hydroxylation is 3. The lowest BCUT2D eigenvalue weighted by Crippen LogP contribution is -2.02. The van der Waals surface area contributed by atoms with Gasteiger partial charge < -0.3 is 14.6 Å². The van der Waals surface area contributed by atoms with Gasteiger partial charge >= 0.3 is 0 Å². The van der Waals surface area contributed by atoms with Crippen molar-refractivity contribution >= 4 is 5.69 Å². The maximum atomic E-state index is 6.14. The molecule has 0 saturated heterocycles. The molecule has 0 aliphatic carbocycles. The number of nitrogens with one attached hydrogen (secondary N) is 1. The number of nitrogens with zero attached hydrogens (tertiary/aromatic N) is 2. The van der Waals surface area contributed by atoms with Crippen LogP contribution < -0.4 is 10.1 Å². The molecule has 0 saturated carbocycles. The van der Waals surface area contributed by atoms with Crippen LogP contribution in [0.15, 0.2) is 47.0 Å². The summed E-state index contributed by atoms with van der Waals surface area (Å²) in [5.74, 6) is 2.82. The molecule has 1 heterocycles. The zero-order valence-electron chi connectivity index (χ0n) is 13.5. The van der Waals surface area contributed by atoms with Crippen LogP contribution in [0.4, 0.5) is 5.69 Å². The van der Waals surface area contributed by atoms with E-state index in [-0.39, 0.29) is 0 Å². The lowest BCUT2D eigenvalue weighted by atomic mass is 10.1. The topological polar surface area (TPSA) is 60.2 Å². The summed E-state index contributed by atoms with van der Waals surface area (Å²) in [5.41, 5.74) is 3.09. The van der Waals surface area contributed by atoms with Crippen LogP contribution in [0.1, 0.15) is 22.8 Å². The third kappa shape index (κ3) is 3.51. The SMILES string of the molecule is Cc1noc(CNc2ccccc2Oc2c(C)cccc2C)n1. The molecule has 118 valence electrons. The van der Waals surface area contributed by atoms with Gasteiger partial charge in [-0.25, -0.2) is 0 Å². The average Bonchev–Trinajstić information content (AvgIpc) is 2.95. The molecule has 0 atom stereocenters. The predicted octanol–water partition coefficient (Wildman–Crippen LogP) is 4.40. The Balaban J connectivity index is 1.80. The molecule has 1 N–H and O–H groups in total. The van der Waals surface area contributed by atoms with E-state index in [0.29, 0.717) is 18.3 Å². The van der Waals surface area contributed by atoms with Gasteiger partial charge in [0.25, 0.3) is 0 Å². The minimum absolute atomic E-state index is 0.452. The number of hydrogen-bond donors (Lipinski definition) is 1. The molecule has 5 nitrogen and oxygen atoms in total. The summed E-state index contributed by atoms with van der Waals surface area (Å²) in [7, 11) is 0. The van der Waals surface area contributed by atoms with Gasteiger partial charge in [-0.15, -0.1) is 0 Å². The third-order valence-electron chi connectivity index (χ3n) is 3.51. The van der Waals surface area contributed by atoms with E-state index in [2.05, 4.69) is 15.5 Å². The predicted molar refractivity (Wildman–Crippen MR) is 88.8 cm³/mol. The van der Waals surface area contributed by atoms with Crippen molar-refractivity contribution in [2.75, 3.05) is 5.32 Å². The van der Waals surface area contributed by atoms with Crippen LogP contribution in [0.25, 0.3) is 0 Å². The molecule has 3 aromatic rings. The van der Waals surface area contributed by atoms with Gasteiger partial charge in [-0.1, -0.05) is 35.5 Å². The first-order valence-electron chi connectivity index (χ1n) is 7.49. The van der Waals surface area contributed by atoms with Crippen molar-refractivity contribution in [2.24, 2.45) is 0 Å². The second-order valence-corrected chi connectivity index (χ2v) is 5.41. The molecule has 0 spiro atoms. The van der Waals surface area contributed by atoms with Crippen molar-refractivity contribution in [3.8, 4) is 11.5 Å². The third-order valence-corrected chi connectivity index (χ3v) is 3.51. The van der Waals surface area contributed by atoms with Crippen molar-refractivity contribution in [1.29, 1.82) is 0 Å². The maximum absolute atomic E-state index is 6.14. The highest BCUT2D eigenvalue weighted by Gasteiger charge is 2.10. The highest BCUT2D eigenvalue weighted by molar-refractivity contribution is 5.58. The van der Waals surface area contributed by atoms with Crippen LogP contribution >= 0.6 is 0 Å². The molecule has 0 radical (unpaired) electrons. The van der Waals surface area contributed by atoms with Gasteiger partial charge in [0.2, 0.25) is 5.89 Å². The lowest BCUT2D eigenvalue weighted by Gasteiger charge is -2.15. The van der Waals surface area contributed by atoms with Gasteiger partial charge in [-0.3, -0.25) is 0 Å². The lowest BCUT2D eigenvalue weighted by molar-refractivity contribution is 0.379. The van der Waals surface area contributed by atoms with Gasteiger partial charge in [0.05, 0.1) is 12.2 Å². The van der Waals surface area contributed by atoms with Crippen molar-refractivity contribution < 1.29 is 9.26 Å². The van der Waals surface area contributed by atoms with E-state index in [1.54, 1.807) is 6.92 Å². The molecule has 23 heavy (non-hydrogen) atoms. The van der Waals surface area contributed by atoms with Crippen molar-refractivity contribution in [3.63, 3.8) is 0 Å². The van der Waals surface area contributed by atoms with Crippen LogP contribution in [-0.4, -0.2) is 10.1 Å². The number of hydrogen-bond acceptors (Lipinski definition) is 5. The van der Waals surface area contributed by atoms with Crippen LogP contribution in [0, 0.1) is 20.8 Å².